The Bertz CT molecular complexity index is 1640. The van der Waals surface area contributed by atoms with E-state index in [4.69, 9.17) is 4.98 Å². The highest BCUT2D eigenvalue weighted by molar-refractivity contribution is 6.01. The van der Waals surface area contributed by atoms with Gasteiger partial charge in [-0.3, -0.25) is 4.79 Å². The van der Waals surface area contributed by atoms with Crippen LogP contribution in [0.15, 0.2) is 67.3 Å². The standard InChI is InChI=1S/C29H27N7O/c1-5-36-26(21-15-30-18(2)31-16-21)34-25-24(32-17-33-27(25)36)20-11-12-22-23(13-20)29(3,35(4)28(22)37)14-19-9-7-6-8-10-19/h6-13,15-17H,5,14H2,1-4H3. The maximum absolute atomic E-state index is 13.2. The van der Waals surface area contributed by atoms with Crippen LogP contribution in [0.4, 0.5) is 0 Å². The number of carbonyl (C=O) groups excluding carboxylic acids is 1. The topological polar surface area (TPSA) is 89.7 Å². The summed E-state index contributed by atoms with van der Waals surface area (Å²) in [6, 6.07) is 16.3. The monoisotopic (exact) mass is 489 g/mol. The molecule has 0 saturated heterocycles. The highest BCUT2D eigenvalue weighted by Crippen LogP contribution is 2.42. The summed E-state index contributed by atoms with van der Waals surface area (Å²) in [7, 11) is 1.88. The van der Waals surface area contributed by atoms with Crippen molar-refractivity contribution in [3.8, 4) is 22.6 Å². The van der Waals surface area contributed by atoms with Crippen LogP contribution < -0.4 is 0 Å². The van der Waals surface area contributed by atoms with Gasteiger partial charge < -0.3 is 9.47 Å². The molecule has 1 unspecified atom stereocenters. The van der Waals surface area contributed by atoms with Gasteiger partial charge in [0.1, 0.15) is 29.2 Å². The zero-order valence-electron chi connectivity index (χ0n) is 21.3. The molecule has 6 rings (SSSR count). The van der Waals surface area contributed by atoms with Crippen LogP contribution >= 0.6 is 0 Å². The molecule has 0 saturated carbocycles. The quantitative estimate of drug-likeness (QED) is 0.352. The van der Waals surface area contributed by atoms with Crippen LogP contribution in [0.1, 0.15) is 41.2 Å². The predicted octanol–water partition coefficient (Wildman–Crippen LogP) is 4.82. The van der Waals surface area contributed by atoms with E-state index in [-0.39, 0.29) is 5.91 Å². The lowest BCUT2D eigenvalue weighted by Crippen LogP contribution is -2.40. The summed E-state index contributed by atoms with van der Waals surface area (Å²) in [6.07, 6.45) is 5.87. The molecule has 1 aliphatic heterocycles. The molecule has 0 fully saturated rings. The van der Waals surface area contributed by atoms with E-state index in [2.05, 4.69) is 56.5 Å². The molecule has 184 valence electrons. The van der Waals surface area contributed by atoms with E-state index in [0.717, 1.165) is 39.4 Å². The number of rotatable bonds is 5. The van der Waals surface area contributed by atoms with Crippen LogP contribution in [0.25, 0.3) is 33.8 Å². The van der Waals surface area contributed by atoms with Crippen molar-refractivity contribution in [1.29, 1.82) is 0 Å². The van der Waals surface area contributed by atoms with E-state index in [1.54, 1.807) is 18.7 Å². The molecule has 0 aliphatic carbocycles. The Balaban J connectivity index is 1.50. The van der Waals surface area contributed by atoms with E-state index in [1.165, 1.54) is 5.56 Å². The minimum absolute atomic E-state index is 0.0322. The van der Waals surface area contributed by atoms with Crippen LogP contribution in [0, 0.1) is 6.92 Å². The Morgan fingerprint density at radius 2 is 1.70 bits per heavy atom. The zero-order valence-corrected chi connectivity index (χ0v) is 21.3. The number of imidazole rings is 1. The van der Waals surface area contributed by atoms with E-state index in [9.17, 15) is 4.79 Å². The molecule has 1 amide bonds. The van der Waals surface area contributed by atoms with Gasteiger partial charge in [-0.2, -0.15) is 0 Å². The third-order valence-electron chi connectivity index (χ3n) is 7.43. The molecule has 2 aromatic carbocycles. The number of likely N-dealkylation sites (N-methyl/N-ethyl adjacent to an activating group) is 1. The fourth-order valence-electron chi connectivity index (χ4n) is 5.29. The molecule has 37 heavy (non-hydrogen) atoms. The Morgan fingerprint density at radius 3 is 2.43 bits per heavy atom. The Labute approximate surface area is 215 Å². The molecule has 0 bridgehead atoms. The lowest BCUT2D eigenvalue weighted by atomic mass is 9.84. The SMILES string of the molecule is CCn1c(-c2cnc(C)nc2)nc2c(-c3ccc4c(c3)C(C)(Cc3ccccc3)N(C)C4=O)ncnc21. The number of benzene rings is 2. The van der Waals surface area contributed by atoms with Gasteiger partial charge in [0.25, 0.3) is 5.91 Å². The molecule has 8 nitrogen and oxygen atoms in total. The number of amides is 1. The second-order valence-corrected chi connectivity index (χ2v) is 9.65. The van der Waals surface area contributed by atoms with Crippen molar-refractivity contribution in [3.63, 3.8) is 0 Å². The number of aromatic nitrogens is 6. The number of hydrogen-bond donors (Lipinski definition) is 0. The van der Waals surface area contributed by atoms with Crippen LogP contribution in [0.5, 0.6) is 0 Å². The number of nitrogens with zero attached hydrogens (tertiary/aromatic N) is 7. The fourth-order valence-corrected chi connectivity index (χ4v) is 5.29. The van der Waals surface area contributed by atoms with Gasteiger partial charge in [-0.1, -0.05) is 36.4 Å². The van der Waals surface area contributed by atoms with Gasteiger partial charge >= 0.3 is 0 Å². The summed E-state index contributed by atoms with van der Waals surface area (Å²) in [6.45, 7) is 6.74. The van der Waals surface area contributed by atoms with Gasteiger partial charge in [-0.15, -0.1) is 0 Å². The van der Waals surface area contributed by atoms with Crippen molar-refractivity contribution in [2.45, 2.75) is 39.3 Å². The third kappa shape index (κ3) is 3.59. The molecule has 1 aliphatic rings. The molecule has 0 radical (unpaired) electrons. The minimum Gasteiger partial charge on any atom is -0.332 e. The molecule has 1 atom stereocenters. The summed E-state index contributed by atoms with van der Waals surface area (Å²) in [4.78, 5) is 37.9. The van der Waals surface area contributed by atoms with Crippen molar-refractivity contribution in [1.82, 2.24) is 34.4 Å². The van der Waals surface area contributed by atoms with Gasteiger partial charge in [-0.05, 0) is 50.5 Å². The Kier molecular flexibility index (Phi) is 5.33. The second-order valence-electron chi connectivity index (χ2n) is 9.65. The maximum Gasteiger partial charge on any atom is 0.254 e. The molecule has 0 spiro atoms. The van der Waals surface area contributed by atoms with E-state index >= 15 is 0 Å². The summed E-state index contributed by atoms with van der Waals surface area (Å²) < 4.78 is 2.05. The van der Waals surface area contributed by atoms with Crippen LogP contribution in [0.2, 0.25) is 0 Å². The Hall–Kier alpha value is -4.46. The highest BCUT2D eigenvalue weighted by Gasteiger charge is 2.44. The first-order valence-corrected chi connectivity index (χ1v) is 12.4. The number of fused-ring (bicyclic) bond motifs is 2. The van der Waals surface area contributed by atoms with Gasteiger partial charge in [0.05, 0.1) is 11.1 Å². The first-order valence-electron chi connectivity index (χ1n) is 12.4. The zero-order chi connectivity index (χ0) is 25.7. The van der Waals surface area contributed by atoms with Gasteiger partial charge in [-0.25, -0.2) is 24.9 Å². The van der Waals surface area contributed by atoms with Crippen LogP contribution in [-0.2, 0) is 18.5 Å². The predicted molar refractivity (Wildman–Crippen MR) is 142 cm³/mol. The van der Waals surface area contributed by atoms with Gasteiger partial charge in [0.2, 0.25) is 0 Å². The number of carbonyl (C=O) groups is 1. The van der Waals surface area contributed by atoms with Gasteiger partial charge in [0.15, 0.2) is 5.65 Å². The first-order chi connectivity index (χ1) is 17.9. The van der Waals surface area contributed by atoms with Crippen LogP contribution in [0.3, 0.4) is 0 Å². The Morgan fingerprint density at radius 1 is 0.946 bits per heavy atom. The smallest absolute Gasteiger partial charge is 0.254 e. The van der Waals surface area contributed by atoms with Crippen molar-refractivity contribution in [2.24, 2.45) is 0 Å². The van der Waals surface area contributed by atoms with Crippen molar-refractivity contribution < 1.29 is 4.79 Å². The maximum atomic E-state index is 13.2. The van der Waals surface area contributed by atoms with Crippen molar-refractivity contribution in [3.05, 3.63) is 89.8 Å². The van der Waals surface area contributed by atoms with Crippen LogP contribution in [-0.4, -0.2) is 47.3 Å². The normalized spacial score (nSPS) is 17.0. The fraction of sp³-hybridized carbons (Fsp3) is 0.241. The van der Waals surface area contributed by atoms with E-state index in [1.807, 2.05) is 49.2 Å². The highest BCUT2D eigenvalue weighted by atomic mass is 16.2. The van der Waals surface area contributed by atoms with Gasteiger partial charge in [0, 0.05) is 37.1 Å². The summed E-state index contributed by atoms with van der Waals surface area (Å²) >= 11 is 0. The van der Waals surface area contributed by atoms with E-state index < -0.39 is 5.54 Å². The number of hydrogen-bond acceptors (Lipinski definition) is 6. The lowest BCUT2D eigenvalue weighted by molar-refractivity contribution is 0.0663. The molecule has 5 aromatic rings. The molecule has 3 aromatic heterocycles. The third-order valence-corrected chi connectivity index (χ3v) is 7.43. The molecular formula is C29H27N7O. The average molecular weight is 490 g/mol. The summed E-state index contributed by atoms with van der Waals surface area (Å²) in [5.74, 6) is 1.49. The van der Waals surface area contributed by atoms with Crippen molar-refractivity contribution in [2.75, 3.05) is 7.05 Å². The molecule has 0 N–H and O–H groups in total. The molecular weight excluding hydrogens is 462 g/mol. The first kappa shape index (κ1) is 23.0. The molecule has 8 heteroatoms. The summed E-state index contributed by atoms with van der Waals surface area (Å²) in [5, 5.41) is 0. The van der Waals surface area contributed by atoms with Crippen molar-refractivity contribution >= 4 is 17.1 Å². The minimum atomic E-state index is -0.483. The number of aryl methyl sites for hydroxylation is 2. The largest absolute Gasteiger partial charge is 0.332 e. The second kappa shape index (κ2) is 8.58. The average Bonchev–Trinajstić information content (AvgIpc) is 3.39. The lowest BCUT2D eigenvalue weighted by Gasteiger charge is -2.33. The molecule has 4 heterocycles. The van der Waals surface area contributed by atoms with E-state index in [0.29, 0.717) is 24.3 Å². The summed E-state index contributed by atoms with van der Waals surface area (Å²) in [5.41, 5.74) is 6.35.